The van der Waals surface area contributed by atoms with Crippen molar-refractivity contribution in [2.24, 2.45) is 0 Å². The molecule has 2 saturated heterocycles. The van der Waals surface area contributed by atoms with Crippen LogP contribution in [-0.2, 0) is 11.3 Å². The number of anilines is 1. The molecule has 2 aromatic heterocycles. The number of aromatic nitrogens is 2. The molecule has 3 aromatic rings. The minimum atomic E-state index is -0.990. The van der Waals surface area contributed by atoms with Crippen LogP contribution in [0.1, 0.15) is 66.1 Å². The van der Waals surface area contributed by atoms with Crippen LogP contribution in [0.4, 0.5) is 14.6 Å². The highest BCUT2D eigenvalue weighted by molar-refractivity contribution is 5.87. The van der Waals surface area contributed by atoms with Crippen molar-refractivity contribution in [1.82, 2.24) is 10.1 Å². The summed E-state index contributed by atoms with van der Waals surface area (Å²) < 4.78 is 40.3. The molecule has 0 amide bonds. The van der Waals surface area contributed by atoms with Crippen molar-refractivity contribution in [3.8, 4) is 11.3 Å². The molecule has 4 heterocycles. The molecule has 0 spiro atoms. The third-order valence-corrected chi connectivity index (χ3v) is 7.39. The minimum absolute atomic E-state index is 0.00852. The lowest BCUT2D eigenvalue weighted by molar-refractivity contribution is 0.0146. The van der Waals surface area contributed by atoms with Crippen LogP contribution >= 0.6 is 0 Å². The van der Waals surface area contributed by atoms with Gasteiger partial charge in [-0.15, -0.1) is 0 Å². The van der Waals surface area contributed by atoms with Crippen molar-refractivity contribution in [3.63, 3.8) is 0 Å². The summed E-state index contributed by atoms with van der Waals surface area (Å²) in [6.45, 7) is 0.232. The van der Waals surface area contributed by atoms with Crippen LogP contribution in [0.25, 0.3) is 11.3 Å². The molecule has 7 nitrogen and oxygen atoms in total. The monoisotopic (exact) mass is 481 g/mol. The van der Waals surface area contributed by atoms with Gasteiger partial charge >= 0.3 is 5.97 Å². The van der Waals surface area contributed by atoms with Crippen LogP contribution in [0.2, 0.25) is 0 Å². The Hall–Kier alpha value is -3.33. The number of pyridine rings is 1. The number of ether oxygens (including phenoxy) is 1. The zero-order valence-electron chi connectivity index (χ0n) is 19.0. The molecule has 3 aliphatic rings. The molecule has 3 fully saturated rings. The van der Waals surface area contributed by atoms with Gasteiger partial charge in [0, 0.05) is 35.3 Å². The van der Waals surface area contributed by atoms with Crippen molar-refractivity contribution < 1.29 is 27.9 Å². The van der Waals surface area contributed by atoms with Crippen LogP contribution in [0.3, 0.4) is 0 Å². The van der Waals surface area contributed by atoms with Crippen molar-refractivity contribution in [2.45, 2.75) is 69.2 Å². The Bertz CT molecular complexity index is 1240. The first-order chi connectivity index (χ1) is 17.0. The maximum absolute atomic E-state index is 14.5. The van der Waals surface area contributed by atoms with Gasteiger partial charge in [0.2, 0.25) is 0 Å². The van der Waals surface area contributed by atoms with E-state index in [1.807, 2.05) is 0 Å². The molecule has 2 unspecified atom stereocenters. The zero-order valence-corrected chi connectivity index (χ0v) is 19.0. The highest BCUT2D eigenvalue weighted by atomic mass is 19.2. The Labute approximate surface area is 200 Å². The highest BCUT2D eigenvalue weighted by Gasteiger charge is 2.42. The van der Waals surface area contributed by atoms with E-state index < -0.39 is 17.6 Å². The van der Waals surface area contributed by atoms with E-state index in [1.165, 1.54) is 18.3 Å². The van der Waals surface area contributed by atoms with Crippen LogP contribution in [0.15, 0.2) is 41.1 Å². The number of hydrogen-bond donors (Lipinski definition) is 1. The number of nitrogens with zero attached hydrogens (tertiary/aromatic N) is 3. The number of fused-ring (bicyclic) bond motifs is 2. The van der Waals surface area contributed by atoms with Gasteiger partial charge in [0.15, 0.2) is 11.6 Å². The molecule has 1 N–H and O–H groups in total. The summed E-state index contributed by atoms with van der Waals surface area (Å²) in [6.07, 6.45) is 7.05. The maximum Gasteiger partial charge on any atom is 0.337 e. The summed E-state index contributed by atoms with van der Waals surface area (Å²) in [6, 6.07) is 7.94. The molecule has 35 heavy (non-hydrogen) atoms. The second-order valence-electron chi connectivity index (χ2n) is 9.66. The zero-order chi connectivity index (χ0) is 24.1. The number of carbonyl (C=O) groups is 1. The smallest absolute Gasteiger partial charge is 0.337 e. The molecule has 6 rings (SSSR count). The summed E-state index contributed by atoms with van der Waals surface area (Å²) in [5.41, 5.74) is 1.28. The molecule has 2 atom stereocenters. The third kappa shape index (κ3) is 4.07. The van der Waals surface area contributed by atoms with Gasteiger partial charge in [0.25, 0.3) is 0 Å². The molecule has 1 aliphatic carbocycles. The number of carboxylic acid groups (broad SMARTS) is 1. The molecule has 0 radical (unpaired) electrons. The van der Waals surface area contributed by atoms with Gasteiger partial charge in [-0.05, 0) is 62.8 Å². The lowest BCUT2D eigenvalue weighted by Crippen LogP contribution is -2.46. The fourth-order valence-electron chi connectivity index (χ4n) is 5.53. The Balaban J connectivity index is 1.19. The topological polar surface area (TPSA) is 88.7 Å². The van der Waals surface area contributed by atoms with Crippen molar-refractivity contribution >= 4 is 11.8 Å². The SMILES string of the molecule is O=C(O)c1ccc(N2C3CCC2CC(OCc2c(-c4cccc(F)c4F)noc2C2CC2)C3)nc1. The van der Waals surface area contributed by atoms with Crippen LogP contribution in [-0.4, -0.2) is 39.4 Å². The number of halogens is 2. The average molecular weight is 481 g/mol. The summed E-state index contributed by atoms with van der Waals surface area (Å²) in [5.74, 6) is -1.08. The van der Waals surface area contributed by atoms with Gasteiger partial charge in [-0.25, -0.2) is 18.6 Å². The van der Waals surface area contributed by atoms with Crippen molar-refractivity contribution in [1.29, 1.82) is 0 Å². The Morgan fingerprint density at radius 3 is 2.54 bits per heavy atom. The van der Waals surface area contributed by atoms with Gasteiger partial charge in [0.1, 0.15) is 17.3 Å². The number of rotatable bonds is 7. The minimum Gasteiger partial charge on any atom is -0.478 e. The average Bonchev–Trinajstić information content (AvgIpc) is 3.56. The molecule has 2 bridgehead atoms. The summed E-state index contributed by atoms with van der Waals surface area (Å²) in [5, 5.41) is 13.2. The van der Waals surface area contributed by atoms with Gasteiger partial charge in [-0.2, -0.15) is 0 Å². The van der Waals surface area contributed by atoms with E-state index in [4.69, 9.17) is 14.4 Å². The lowest BCUT2D eigenvalue weighted by Gasteiger charge is -2.39. The predicted octanol–water partition coefficient (Wildman–Crippen LogP) is 5.31. The number of hydrogen-bond acceptors (Lipinski definition) is 6. The van der Waals surface area contributed by atoms with Gasteiger partial charge in [-0.3, -0.25) is 0 Å². The molecule has 1 saturated carbocycles. The fourth-order valence-corrected chi connectivity index (χ4v) is 5.53. The van der Waals surface area contributed by atoms with Gasteiger partial charge in [-0.1, -0.05) is 11.2 Å². The number of carboxylic acids is 1. The fraction of sp³-hybridized carbons (Fsp3) is 0.423. The van der Waals surface area contributed by atoms with Crippen LogP contribution < -0.4 is 4.90 Å². The van der Waals surface area contributed by atoms with Crippen LogP contribution in [0.5, 0.6) is 0 Å². The van der Waals surface area contributed by atoms with E-state index in [-0.39, 0.29) is 41.8 Å². The molecular formula is C26H25F2N3O4. The molecule has 2 aliphatic heterocycles. The lowest BCUT2D eigenvalue weighted by atomic mass is 9.99. The Morgan fingerprint density at radius 1 is 1.11 bits per heavy atom. The Morgan fingerprint density at radius 2 is 1.89 bits per heavy atom. The number of aromatic carboxylic acids is 1. The van der Waals surface area contributed by atoms with E-state index in [1.54, 1.807) is 12.1 Å². The first-order valence-corrected chi connectivity index (χ1v) is 12.0. The standard InChI is InChI=1S/C26H25F2N3O4/c27-21-3-1-2-19(23(21)28)24-20(25(35-30-24)14-4-5-14)13-34-18-10-16-7-8-17(11-18)31(16)22-9-6-15(12-29-22)26(32)33/h1-3,6,9,12,14,16-18H,4-5,7-8,10-11,13H2,(H,32,33). The maximum atomic E-state index is 14.5. The molecule has 1 aromatic carbocycles. The molecule has 9 heteroatoms. The second kappa shape index (κ2) is 8.71. The molecule has 182 valence electrons. The quantitative estimate of drug-likeness (QED) is 0.489. The predicted molar refractivity (Wildman–Crippen MR) is 122 cm³/mol. The molecular weight excluding hydrogens is 456 g/mol. The Kier molecular flexibility index (Phi) is 5.51. The normalized spacial score (nSPS) is 23.6. The van der Waals surface area contributed by atoms with Gasteiger partial charge < -0.3 is 19.3 Å². The first kappa shape index (κ1) is 22.2. The van der Waals surface area contributed by atoms with E-state index in [0.29, 0.717) is 17.0 Å². The van der Waals surface area contributed by atoms with E-state index in [2.05, 4.69) is 15.0 Å². The second-order valence-corrected chi connectivity index (χ2v) is 9.66. The van der Waals surface area contributed by atoms with Gasteiger partial charge in [0.05, 0.1) is 18.3 Å². The first-order valence-electron chi connectivity index (χ1n) is 12.0. The van der Waals surface area contributed by atoms with Crippen molar-refractivity contribution in [3.05, 3.63) is 65.1 Å². The largest absolute Gasteiger partial charge is 0.478 e. The van der Waals surface area contributed by atoms with E-state index >= 15 is 0 Å². The summed E-state index contributed by atoms with van der Waals surface area (Å²) >= 11 is 0. The van der Waals surface area contributed by atoms with E-state index in [9.17, 15) is 13.6 Å². The highest BCUT2D eigenvalue weighted by Crippen LogP contribution is 2.45. The van der Waals surface area contributed by atoms with Crippen LogP contribution in [0, 0.1) is 11.6 Å². The summed E-state index contributed by atoms with van der Waals surface area (Å²) in [4.78, 5) is 17.8. The third-order valence-electron chi connectivity index (χ3n) is 7.39. The number of benzene rings is 1. The number of piperidine rings is 1. The van der Waals surface area contributed by atoms with Crippen molar-refractivity contribution in [2.75, 3.05) is 4.90 Å². The summed E-state index contributed by atoms with van der Waals surface area (Å²) in [7, 11) is 0. The van der Waals surface area contributed by atoms with E-state index in [0.717, 1.165) is 50.4 Å².